The number of nitrogens with zero attached hydrogens (tertiary/aromatic N) is 6. The van der Waals surface area contributed by atoms with Crippen molar-refractivity contribution in [2.45, 2.75) is 0 Å². The molecule has 6 aromatic heterocycles. The van der Waals surface area contributed by atoms with E-state index in [4.69, 9.17) is 9.97 Å². The molecule has 138 valence electrons. The summed E-state index contributed by atoms with van der Waals surface area (Å²) >= 11 is 0. The molecular weight excluding hydrogens is 366 g/mol. The largest absolute Gasteiger partial charge is 0.335 e. The van der Waals surface area contributed by atoms with Crippen LogP contribution in [0.1, 0.15) is 0 Å². The maximum Gasteiger partial charge on any atom is 0.161 e. The number of fused-ring (bicyclic) bond motifs is 2. The molecule has 3 N–H and O–H groups in total. The van der Waals surface area contributed by atoms with E-state index in [1.807, 2.05) is 24.3 Å². The lowest BCUT2D eigenvalue weighted by atomic mass is 10.1. The quantitative estimate of drug-likeness (QED) is 0.433. The molecule has 0 bridgehead atoms. The average molecular weight is 379 g/mol. The summed E-state index contributed by atoms with van der Waals surface area (Å²) in [4.78, 5) is 21.4. The van der Waals surface area contributed by atoms with E-state index in [2.05, 4.69) is 35.3 Å². The minimum atomic E-state index is 0.626. The molecule has 29 heavy (non-hydrogen) atoms. The topological polar surface area (TPSA) is 125 Å². The van der Waals surface area contributed by atoms with Gasteiger partial charge in [0.2, 0.25) is 0 Å². The smallest absolute Gasteiger partial charge is 0.161 e. The molecule has 6 heterocycles. The number of nitrogens with one attached hydrogen (secondary N) is 3. The molecule has 0 amide bonds. The molecule has 0 fully saturated rings. The van der Waals surface area contributed by atoms with Gasteiger partial charge < -0.3 is 4.98 Å². The molecule has 6 aromatic rings. The molecule has 6 rings (SSSR count). The van der Waals surface area contributed by atoms with Crippen molar-refractivity contribution >= 4 is 22.1 Å². The van der Waals surface area contributed by atoms with Gasteiger partial charge in [-0.25, -0.2) is 9.97 Å². The van der Waals surface area contributed by atoms with Crippen LogP contribution in [0.25, 0.3) is 56.0 Å². The molecule has 0 aliphatic carbocycles. The van der Waals surface area contributed by atoms with Gasteiger partial charge >= 0.3 is 0 Å². The molecule has 0 atom stereocenters. The van der Waals surface area contributed by atoms with Crippen LogP contribution in [-0.4, -0.2) is 45.3 Å². The van der Waals surface area contributed by atoms with E-state index in [9.17, 15) is 0 Å². The van der Waals surface area contributed by atoms with E-state index >= 15 is 0 Å². The third-order valence-electron chi connectivity index (χ3n) is 4.79. The van der Waals surface area contributed by atoms with Crippen molar-refractivity contribution in [1.29, 1.82) is 0 Å². The molecule has 9 heteroatoms. The molecule has 0 aliphatic heterocycles. The highest BCUT2D eigenvalue weighted by molar-refractivity contribution is 5.95. The first-order valence-electron chi connectivity index (χ1n) is 8.95. The number of H-pyrrole nitrogens is 3. The van der Waals surface area contributed by atoms with Gasteiger partial charge in [0, 0.05) is 41.5 Å². The number of pyridine rings is 3. The van der Waals surface area contributed by atoms with Gasteiger partial charge in [-0.1, -0.05) is 6.07 Å². The third kappa shape index (κ3) is 2.48. The van der Waals surface area contributed by atoms with Crippen molar-refractivity contribution in [3.8, 4) is 33.9 Å². The molecule has 0 saturated carbocycles. The minimum absolute atomic E-state index is 0.626. The summed E-state index contributed by atoms with van der Waals surface area (Å²) in [6.07, 6.45) is 10.6. The summed E-state index contributed by atoms with van der Waals surface area (Å²) in [6.45, 7) is 0. The van der Waals surface area contributed by atoms with Crippen LogP contribution in [0.4, 0.5) is 0 Å². The summed E-state index contributed by atoms with van der Waals surface area (Å²) in [5, 5.41) is 14.3. The number of aromatic nitrogens is 9. The van der Waals surface area contributed by atoms with Gasteiger partial charge in [0.05, 0.1) is 29.1 Å². The Morgan fingerprint density at radius 1 is 0.793 bits per heavy atom. The Morgan fingerprint density at radius 3 is 2.66 bits per heavy atom. The van der Waals surface area contributed by atoms with E-state index in [1.54, 1.807) is 37.2 Å². The summed E-state index contributed by atoms with van der Waals surface area (Å²) < 4.78 is 0. The summed E-state index contributed by atoms with van der Waals surface area (Å²) in [6, 6.07) is 7.76. The van der Waals surface area contributed by atoms with Gasteiger partial charge in [-0.05, 0) is 18.2 Å². The monoisotopic (exact) mass is 379 g/mol. The van der Waals surface area contributed by atoms with Crippen molar-refractivity contribution in [1.82, 2.24) is 45.3 Å². The first-order chi connectivity index (χ1) is 14.4. The maximum atomic E-state index is 4.81. The zero-order valence-corrected chi connectivity index (χ0v) is 15.0. The number of imidazole rings is 1. The molecule has 0 aromatic carbocycles. The number of hydrogen-bond acceptors (Lipinski definition) is 6. The van der Waals surface area contributed by atoms with Crippen LogP contribution in [0.2, 0.25) is 0 Å². The summed E-state index contributed by atoms with van der Waals surface area (Å²) in [7, 11) is 0. The fourth-order valence-corrected chi connectivity index (χ4v) is 3.39. The van der Waals surface area contributed by atoms with E-state index < -0.39 is 0 Å². The Morgan fingerprint density at radius 2 is 1.79 bits per heavy atom. The fourth-order valence-electron chi connectivity index (χ4n) is 3.39. The van der Waals surface area contributed by atoms with Crippen LogP contribution in [0, 0.1) is 0 Å². The van der Waals surface area contributed by atoms with Crippen molar-refractivity contribution in [3.63, 3.8) is 0 Å². The van der Waals surface area contributed by atoms with E-state index in [1.165, 1.54) is 0 Å². The lowest BCUT2D eigenvalue weighted by Gasteiger charge is -2.00. The second kappa shape index (κ2) is 6.06. The maximum absolute atomic E-state index is 4.81. The zero-order chi connectivity index (χ0) is 19.2. The lowest BCUT2D eigenvalue weighted by Crippen LogP contribution is -1.86. The van der Waals surface area contributed by atoms with Crippen LogP contribution >= 0.6 is 0 Å². The molecule has 0 spiro atoms. The van der Waals surface area contributed by atoms with Crippen LogP contribution < -0.4 is 0 Å². The number of aromatic amines is 3. The zero-order valence-electron chi connectivity index (χ0n) is 15.0. The van der Waals surface area contributed by atoms with Gasteiger partial charge in [0.15, 0.2) is 11.5 Å². The average Bonchev–Trinajstić information content (AvgIpc) is 3.52. The third-order valence-corrected chi connectivity index (χ3v) is 4.79. The molecule has 0 radical (unpaired) electrons. The number of rotatable bonds is 3. The van der Waals surface area contributed by atoms with E-state index in [0.717, 1.165) is 44.5 Å². The second-order valence-corrected chi connectivity index (χ2v) is 6.56. The Labute approximate surface area is 163 Å². The Kier molecular flexibility index (Phi) is 3.27. The summed E-state index contributed by atoms with van der Waals surface area (Å²) in [5.74, 6) is 0.626. The fraction of sp³-hybridized carbons (Fsp3) is 0. The highest BCUT2D eigenvalue weighted by Gasteiger charge is 2.17. The molecular formula is C20H13N9. The molecule has 9 nitrogen and oxygen atoms in total. The van der Waals surface area contributed by atoms with Crippen molar-refractivity contribution in [2.24, 2.45) is 0 Å². The van der Waals surface area contributed by atoms with E-state index in [0.29, 0.717) is 11.5 Å². The predicted octanol–water partition coefficient (Wildman–Crippen LogP) is 3.35. The Bertz CT molecular complexity index is 1450. The van der Waals surface area contributed by atoms with Crippen LogP contribution in [0.3, 0.4) is 0 Å². The normalized spacial score (nSPS) is 11.4. The standard InChI is InChI=1S/C20H13N9/c1-2-11(6-21-5-1)13-9-22-10-16-17(13)27-20(26-16)19-18-15(28-29-19)4-3-14(25-18)12-7-23-24-8-12/h1-10H,(H,23,24)(H,26,27)(H,28,29). The van der Waals surface area contributed by atoms with Crippen LogP contribution in [-0.2, 0) is 0 Å². The second-order valence-electron chi connectivity index (χ2n) is 6.56. The van der Waals surface area contributed by atoms with Gasteiger partial charge in [-0.2, -0.15) is 10.2 Å². The van der Waals surface area contributed by atoms with Crippen LogP contribution in [0.5, 0.6) is 0 Å². The van der Waals surface area contributed by atoms with Crippen molar-refractivity contribution < 1.29 is 0 Å². The van der Waals surface area contributed by atoms with Gasteiger partial charge in [0.25, 0.3) is 0 Å². The highest BCUT2D eigenvalue weighted by Crippen LogP contribution is 2.30. The van der Waals surface area contributed by atoms with Gasteiger partial charge in [-0.15, -0.1) is 0 Å². The highest BCUT2D eigenvalue weighted by atomic mass is 15.2. The Hall–Kier alpha value is -4.40. The molecule has 0 unspecified atom stereocenters. The van der Waals surface area contributed by atoms with Crippen molar-refractivity contribution in [2.75, 3.05) is 0 Å². The molecule has 0 aliphatic rings. The van der Waals surface area contributed by atoms with E-state index in [-0.39, 0.29) is 0 Å². The van der Waals surface area contributed by atoms with Gasteiger partial charge in [0.1, 0.15) is 11.0 Å². The first-order valence-corrected chi connectivity index (χ1v) is 8.95. The van der Waals surface area contributed by atoms with Gasteiger partial charge in [-0.3, -0.25) is 20.2 Å². The lowest BCUT2D eigenvalue weighted by molar-refractivity contribution is 1.09. The first kappa shape index (κ1) is 15.6. The predicted molar refractivity (Wildman–Crippen MR) is 108 cm³/mol. The SMILES string of the molecule is c1cncc(-c2cncc3[nH]c(-c4n[nH]c5ccc(-c6cn[nH]c6)nc45)nc23)c1. The molecule has 0 saturated heterocycles. The van der Waals surface area contributed by atoms with Crippen LogP contribution in [0.15, 0.2) is 61.4 Å². The summed E-state index contributed by atoms with van der Waals surface area (Å²) in [5.41, 5.74) is 7.43. The van der Waals surface area contributed by atoms with Crippen molar-refractivity contribution in [3.05, 3.63) is 61.4 Å². The Balaban J connectivity index is 1.54. The minimum Gasteiger partial charge on any atom is -0.335 e. The number of hydrogen-bond donors (Lipinski definition) is 3.